The van der Waals surface area contributed by atoms with Gasteiger partial charge in [0.25, 0.3) is 0 Å². The summed E-state index contributed by atoms with van der Waals surface area (Å²) in [6.07, 6.45) is 3.20. The number of aliphatic hydroxyl groups is 1. The predicted molar refractivity (Wildman–Crippen MR) is 214 cm³/mol. The minimum atomic E-state index is -0.691. The van der Waals surface area contributed by atoms with Crippen LogP contribution in [-0.4, -0.2) is 54.6 Å². The molecule has 4 aromatic carbocycles. The molecule has 2 aliphatic heterocycles. The number of epoxide rings is 2. The average molecular weight is 737 g/mol. The SMILES string of the molecule is CCC(CC)(CC(O)COc1ccc(C(C)(C)c2ccc(OC(CC)(CC)C3CO3)cc2)cc1)Oc1ccc(C(C)(C)c2ccc(OC3CO3)cc2)cc1. The molecule has 0 aromatic heterocycles. The second kappa shape index (κ2) is 16.4. The molecule has 290 valence electrons. The molecule has 7 nitrogen and oxygen atoms in total. The van der Waals surface area contributed by atoms with E-state index in [1.54, 1.807) is 0 Å². The Morgan fingerprint density at radius 1 is 0.574 bits per heavy atom. The van der Waals surface area contributed by atoms with Crippen LogP contribution < -0.4 is 18.9 Å². The molecule has 0 spiro atoms. The normalized spacial score (nSPS) is 17.8. The predicted octanol–water partition coefficient (Wildman–Crippen LogP) is 10.2. The van der Waals surface area contributed by atoms with Crippen LogP contribution >= 0.6 is 0 Å². The van der Waals surface area contributed by atoms with E-state index in [9.17, 15) is 5.11 Å². The van der Waals surface area contributed by atoms with Crippen molar-refractivity contribution in [2.24, 2.45) is 0 Å². The summed E-state index contributed by atoms with van der Waals surface area (Å²) in [4.78, 5) is 0. The van der Waals surface area contributed by atoms with Crippen molar-refractivity contribution in [3.8, 4) is 23.0 Å². The zero-order valence-corrected chi connectivity index (χ0v) is 33.5. The van der Waals surface area contributed by atoms with Gasteiger partial charge in [0.1, 0.15) is 53.5 Å². The molecular weight excluding hydrogens is 677 g/mol. The molecular formula is C47H60O7. The van der Waals surface area contributed by atoms with Gasteiger partial charge in [0.05, 0.1) is 12.7 Å². The van der Waals surface area contributed by atoms with Crippen LogP contribution in [0.5, 0.6) is 23.0 Å². The van der Waals surface area contributed by atoms with Crippen molar-refractivity contribution in [1.82, 2.24) is 0 Å². The zero-order chi connectivity index (χ0) is 38.6. The Kier molecular flexibility index (Phi) is 12.0. The van der Waals surface area contributed by atoms with Crippen molar-refractivity contribution in [2.45, 2.75) is 128 Å². The highest BCUT2D eigenvalue weighted by Crippen LogP contribution is 2.39. The first-order valence-electron chi connectivity index (χ1n) is 19.9. The lowest BCUT2D eigenvalue weighted by molar-refractivity contribution is -0.00986. The maximum Gasteiger partial charge on any atom is 0.223 e. The van der Waals surface area contributed by atoms with E-state index < -0.39 is 11.7 Å². The Labute approximate surface area is 322 Å². The molecule has 3 atom stereocenters. The van der Waals surface area contributed by atoms with Gasteiger partial charge in [-0.1, -0.05) is 104 Å². The molecule has 2 aliphatic rings. The molecule has 1 N–H and O–H groups in total. The quantitative estimate of drug-likeness (QED) is 0.0905. The Hall–Kier alpha value is -4.04. The zero-order valence-electron chi connectivity index (χ0n) is 33.5. The second-order valence-electron chi connectivity index (χ2n) is 16.1. The molecule has 2 heterocycles. The van der Waals surface area contributed by atoms with Crippen LogP contribution in [0.15, 0.2) is 97.1 Å². The molecule has 2 fully saturated rings. The number of benzene rings is 4. The van der Waals surface area contributed by atoms with Crippen LogP contribution in [0.1, 0.15) is 110 Å². The van der Waals surface area contributed by atoms with Gasteiger partial charge in [0.15, 0.2) is 0 Å². The van der Waals surface area contributed by atoms with Gasteiger partial charge in [0.2, 0.25) is 6.29 Å². The number of rotatable bonds is 20. The Morgan fingerprint density at radius 3 is 1.37 bits per heavy atom. The fourth-order valence-electron chi connectivity index (χ4n) is 7.55. The van der Waals surface area contributed by atoms with Gasteiger partial charge in [0, 0.05) is 17.3 Å². The summed E-state index contributed by atoms with van der Waals surface area (Å²) < 4.78 is 35.8. The first-order chi connectivity index (χ1) is 25.8. The van der Waals surface area contributed by atoms with Crippen LogP contribution in [0.2, 0.25) is 0 Å². The topological polar surface area (TPSA) is 82.2 Å². The van der Waals surface area contributed by atoms with E-state index in [1.807, 2.05) is 36.4 Å². The molecule has 3 unspecified atom stereocenters. The van der Waals surface area contributed by atoms with Crippen molar-refractivity contribution in [3.05, 3.63) is 119 Å². The molecule has 0 radical (unpaired) electrons. The van der Waals surface area contributed by atoms with Crippen LogP contribution in [0, 0.1) is 0 Å². The van der Waals surface area contributed by atoms with Gasteiger partial charge >= 0.3 is 0 Å². The lowest BCUT2D eigenvalue weighted by Crippen LogP contribution is -2.40. The maximum absolute atomic E-state index is 11.2. The van der Waals surface area contributed by atoms with E-state index in [0.29, 0.717) is 13.0 Å². The fraction of sp³-hybridized carbons (Fsp3) is 0.489. The number of ether oxygens (including phenoxy) is 6. The lowest BCUT2D eigenvalue weighted by Gasteiger charge is -2.35. The standard InChI is InChI=1S/C47H60O7/c1-9-46(10-2,53-40-25-17-35(18-26-40)45(7,8)34-15-23-39(24-16-34)52-43-32-51-43)29-37(48)30-49-38-21-13-33(14-22-38)44(5,6)36-19-27-41(28-20-36)54-47(11-3,12-4)42-31-50-42/h13-28,37,42-43,48H,9-12,29-32H2,1-8H3. The number of hydrogen-bond acceptors (Lipinski definition) is 7. The van der Waals surface area contributed by atoms with Gasteiger partial charge in [-0.25, -0.2) is 0 Å². The first kappa shape index (κ1) is 39.6. The minimum absolute atomic E-state index is 0.105. The lowest BCUT2D eigenvalue weighted by atomic mass is 9.78. The summed E-state index contributed by atoms with van der Waals surface area (Å²) in [5.41, 5.74) is 3.56. The third-order valence-electron chi connectivity index (χ3n) is 12.0. The van der Waals surface area contributed by atoms with Gasteiger partial charge in [-0.3, -0.25) is 0 Å². The van der Waals surface area contributed by atoms with Crippen LogP contribution in [0.4, 0.5) is 0 Å². The van der Waals surface area contributed by atoms with Crippen molar-refractivity contribution in [2.75, 3.05) is 19.8 Å². The third kappa shape index (κ3) is 9.07. The van der Waals surface area contributed by atoms with E-state index in [2.05, 4.69) is 116 Å². The van der Waals surface area contributed by atoms with Gasteiger partial charge in [-0.05, 0) is 96.5 Å². The molecule has 7 heteroatoms. The highest BCUT2D eigenvalue weighted by molar-refractivity contribution is 5.43. The molecule has 0 saturated carbocycles. The summed E-state index contributed by atoms with van der Waals surface area (Å²) in [6, 6.07) is 33.3. The Bertz CT molecular complexity index is 1760. The van der Waals surface area contributed by atoms with Crippen molar-refractivity contribution < 1.29 is 33.5 Å². The van der Waals surface area contributed by atoms with Crippen LogP contribution in [0.3, 0.4) is 0 Å². The monoisotopic (exact) mass is 736 g/mol. The Morgan fingerprint density at radius 2 is 0.981 bits per heavy atom. The molecule has 2 saturated heterocycles. The van der Waals surface area contributed by atoms with E-state index in [1.165, 1.54) is 22.3 Å². The highest BCUT2D eigenvalue weighted by Gasteiger charge is 2.46. The van der Waals surface area contributed by atoms with Crippen molar-refractivity contribution >= 4 is 0 Å². The third-order valence-corrected chi connectivity index (χ3v) is 12.0. The summed E-state index contributed by atoms with van der Waals surface area (Å²) >= 11 is 0. The van der Waals surface area contributed by atoms with Gasteiger partial charge in [-0.2, -0.15) is 0 Å². The van der Waals surface area contributed by atoms with Crippen LogP contribution in [0.25, 0.3) is 0 Å². The molecule has 6 rings (SSSR count). The highest BCUT2D eigenvalue weighted by atomic mass is 16.8. The van der Waals surface area contributed by atoms with Gasteiger partial charge < -0.3 is 33.5 Å². The largest absolute Gasteiger partial charge is 0.491 e. The minimum Gasteiger partial charge on any atom is -0.491 e. The van der Waals surface area contributed by atoms with E-state index in [0.717, 1.165) is 55.3 Å². The number of aliphatic hydroxyl groups excluding tert-OH is 1. The first-order valence-corrected chi connectivity index (χ1v) is 19.9. The van der Waals surface area contributed by atoms with Crippen molar-refractivity contribution in [3.63, 3.8) is 0 Å². The summed E-state index contributed by atoms with van der Waals surface area (Å²) in [6.45, 7) is 19.1. The second-order valence-corrected chi connectivity index (χ2v) is 16.1. The van der Waals surface area contributed by atoms with E-state index in [4.69, 9.17) is 28.4 Å². The fourth-order valence-corrected chi connectivity index (χ4v) is 7.55. The molecule has 0 bridgehead atoms. The molecule has 0 amide bonds. The smallest absolute Gasteiger partial charge is 0.223 e. The van der Waals surface area contributed by atoms with Crippen molar-refractivity contribution in [1.29, 1.82) is 0 Å². The summed E-state index contributed by atoms with van der Waals surface area (Å²) in [5.74, 6) is 3.22. The van der Waals surface area contributed by atoms with E-state index >= 15 is 0 Å². The summed E-state index contributed by atoms with van der Waals surface area (Å²) in [7, 11) is 0. The molecule has 0 aliphatic carbocycles. The molecule has 54 heavy (non-hydrogen) atoms. The van der Waals surface area contributed by atoms with E-state index in [-0.39, 0.29) is 35.4 Å². The molecule has 4 aromatic rings. The average Bonchev–Trinajstić information content (AvgIpc) is 4.14. The summed E-state index contributed by atoms with van der Waals surface area (Å²) in [5, 5.41) is 11.2. The maximum atomic E-state index is 11.2. The van der Waals surface area contributed by atoms with Crippen LogP contribution in [-0.2, 0) is 20.3 Å². The van der Waals surface area contributed by atoms with Gasteiger partial charge in [-0.15, -0.1) is 0 Å². The number of hydrogen-bond donors (Lipinski definition) is 1. The Balaban J connectivity index is 1.02.